The molecule has 2 aromatic heterocycles. The van der Waals surface area contributed by atoms with E-state index in [0.717, 1.165) is 32.1 Å². The minimum absolute atomic E-state index is 0.0328. The maximum atomic E-state index is 13.9. The Kier molecular flexibility index (Phi) is 9.74. The molecule has 5 rings (SSSR count). The van der Waals surface area contributed by atoms with Gasteiger partial charge in [-0.3, -0.25) is 4.79 Å². The number of amides is 1. The van der Waals surface area contributed by atoms with Crippen LogP contribution >= 0.6 is 0 Å². The summed E-state index contributed by atoms with van der Waals surface area (Å²) in [4.78, 5) is 28.5. The van der Waals surface area contributed by atoms with Crippen LogP contribution in [0.25, 0.3) is 11.3 Å². The molecule has 3 heterocycles. The Morgan fingerprint density at radius 1 is 1.02 bits per heavy atom. The number of alkyl halides is 3. The van der Waals surface area contributed by atoms with E-state index in [9.17, 15) is 18.0 Å². The maximum Gasteiger partial charge on any atom is 0.418 e. The fourth-order valence-corrected chi connectivity index (χ4v) is 5.14. The van der Waals surface area contributed by atoms with Crippen molar-refractivity contribution in [1.82, 2.24) is 19.9 Å². The third-order valence-electron chi connectivity index (χ3n) is 7.46. The fraction of sp³-hybridized carbons (Fsp3) is 0.333. The molecule has 1 aliphatic rings. The average molecular weight is 605 g/mol. The maximum absolute atomic E-state index is 13.9. The lowest BCUT2D eigenvalue weighted by Gasteiger charge is -2.18. The molecule has 0 bridgehead atoms. The van der Waals surface area contributed by atoms with Gasteiger partial charge in [0.25, 0.3) is 5.91 Å². The minimum Gasteiger partial charge on any atom is -0.438 e. The molecule has 8 nitrogen and oxygen atoms in total. The molecule has 11 heteroatoms. The zero-order valence-electron chi connectivity index (χ0n) is 24.7. The van der Waals surface area contributed by atoms with Crippen molar-refractivity contribution in [1.29, 1.82) is 0 Å². The van der Waals surface area contributed by atoms with Crippen molar-refractivity contribution in [2.75, 3.05) is 36.8 Å². The summed E-state index contributed by atoms with van der Waals surface area (Å²) in [6.07, 6.45) is 2.47. The van der Waals surface area contributed by atoms with Gasteiger partial charge in [0.05, 0.1) is 16.8 Å². The number of pyridine rings is 1. The van der Waals surface area contributed by atoms with E-state index >= 15 is 0 Å². The first-order valence-corrected chi connectivity index (χ1v) is 14.8. The van der Waals surface area contributed by atoms with Crippen LogP contribution in [0.5, 0.6) is 11.6 Å². The monoisotopic (exact) mass is 604 g/mol. The Balaban J connectivity index is 1.26. The highest BCUT2D eigenvalue weighted by Crippen LogP contribution is 2.36. The van der Waals surface area contributed by atoms with Crippen molar-refractivity contribution in [3.8, 4) is 22.9 Å². The number of likely N-dealkylation sites (tertiary alicyclic amines) is 1. The summed E-state index contributed by atoms with van der Waals surface area (Å²) in [6, 6.07) is 14.1. The Labute approximate surface area is 254 Å². The second-order valence-corrected chi connectivity index (χ2v) is 10.7. The normalized spacial score (nSPS) is 13.6. The van der Waals surface area contributed by atoms with Crippen molar-refractivity contribution in [2.45, 2.75) is 45.7 Å². The van der Waals surface area contributed by atoms with Crippen molar-refractivity contribution in [3.05, 3.63) is 89.5 Å². The van der Waals surface area contributed by atoms with Gasteiger partial charge in [-0.05, 0) is 106 Å². The summed E-state index contributed by atoms with van der Waals surface area (Å²) < 4.78 is 47.9. The lowest BCUT2D eigenvalue weighted by molar-refractivity contribution is -0.137. The molecule has 2 aromatic carbocycles. The van der Waals surface area contributed by atoms with Crippen LogP contribution in [0, 0.1) is 6.92 Å². The summed E-state index contributed by atoms with van der Waals surface area (Å²) in [6.45, 7) is 7.13. The van der Waals surface area contributed by atoms with Gasteiger partial charge in [0.15, 0.2) is 0 Å². The molecule has 2 N–H and O–H groups in total. The smallest absolute Gasteiger partial charge is 0.418 e. The van der Waals surface area contributed by atoms with E-state index in [1.165, 1.54) is 25.0 Å². The van der Waals surface area contributed by atoms with Crippen LogP contribution in [0.1, 0.15) is 53.5 Å². The van der Waals surface area contributed by atoms with E-state index in [1.54, 1.807) is 49.6 Å². The predicted octanol–water partition coefficient (Wildman–Crippen LogP) is 7.37. The molecular weight excluding hydrogens is 569 g/mol. The minimum atomic E-state index is -4.61. The number of halogens is 3. The molecule has 1 fully saturated rings. The summed E-state index contributed by atoms with van der Waals surface area (Å²) in [5.74, 6) is 0.922. The SMILES string of the molecule is CCc1nccc(-c2cccnc2Oc2ccc(NC(=O)c3ccc(NCCCN4CCCC4)c(C(F)(F)F)c3)cc2C)n1. The van der Waals surface area contributed by atoms with Crippen LogP contribution in [-0.2, 0) is 12.6 Å². The van der Waals surface area contributed by atoms with Crippen LogP contribution in [0.3, 0.4) is 0 Å². The Bertz CT molecular complexity index is 1600. The van der Waals surface area contributed by atoms with E-state index < -0.39 is 17.6 Å². The fourth-order valence-electron chi connectivity index (χ4n) is 5.14. The average Bonchev–Trinajstić information content (AvgIpc) is 3.54. The summed E-state index contributed by atoms with van der Waals surface area (Å²) >= 11 is 0. The Morgan fingerprint density at radius 3 is 2.59 bits per heavy atom. The second-order valence-electron chi connectivity index (χ2n) is 10.7. The molecule has 0 atom stereocenters. The number of benzene rings is 2. The summed E-state index contributed by atoms with van der Waals surface area (Å²) in [7, 11) is 0. The molecule has 0 aliphatic carbocycles. The number of rotatable bonds is 11. The van der Waals surface area contributed by atoms with Gasteiger partial charge in [-0.2, -0.15) is 13.2 Å². The number of hydrogen-bond donors (Lipinski definition) is 2. The molecule has 0 unspecified atom stereocenters. The number of hydrogen-bond acceptors (Lipinski definition) is 7. The van der Waals surface area contributed by atoms with Gasteiger partial charge >= 0.3 is 6.18 Å². The van der Waals surface area contributed by atoms with Crippen molar-refractivity contribution in [3.63, 3.8) is 0 Å². The molecule has 1 aliphatic heterocycles. The van der Waals surface area contributed by atoms with Crippen LogP contribution < -0.4 is 15.4 Å². The predicted molar refractivity (Wildman–Crippen MR) is 164 cm³/mol. The first-order chi connectivity index (χ1) is 21.2. The highest BCUT2D eigenvalue weighted by Gasteiger charge is 2.34. The molecule has 44 heavy (non-hydrogen) atoms. The van der Waals surface area contributed by atoms with E-state index in [4.69, 9.17) is 4.74 Å². The van der Waals surface area contributed by atoms with E-state index in [2.05, 4.69) is 30.5 Å². The van der Waals surface area contributed by atoms with Gasteiger partial charge in [-0.1, -0.05) is 6.92 Å². The van der Waals surface area contributed by atoms with Crippen molar-refractivity contribution in [2.24, 2.45) is 0 Å². The molecule has 1 amide bonds. The largest absolute Gasteiger partial charge is 0.438 e. The van der Waals surface area contributed by atoms with Crippen LogP contribution in [-0.4, -0.2) is 51.9 Å². The first kappa shape index (κ1) is 30.9. The van der Waals surface area contributed by atoms with Crippen molar-refractivity contribution >= 4 is 17.3 Å². The Hall–Kier alpha value is -4.51. The van der Waals surface area contributed by atoms with Gasteiger partial charge in [-0.15, -0.1) is 0 Å². The number of carbonyl (C=O) groups is 1. The quantitative estimate of drug-likeness (QED) is 0.173. The van der Waals surface area contributed by atoms with Gasteiger partial charge < -0.3 is 20.3 Å². The van der Waals surface area contributed by atoms with Gasteiger partial charge in [0.1, 0.15) is 11.6 Å². The molecular formula is C33H35F3N6O2. The zero-order valence-corrected chi connectivity index (χ0v) is 24.7. The molecule has 230 valence electrons. The van der Waals surface area contributed by atoms with E-state index in [1.807, 2.05) is 13.0 Å². The number of nitrogens with zero attached hydrogens (tertiary/aromatic N) is 4. The second kappa shape index (κ2) is 13.9. The molecule has 4 aromatic rings. The zero-order chi connectivity index (χ0) is 31.1. The Morgan fingerprint density at radius 2 is 1.84 bits per heavy atom. The van der Waals surface area contributed by atoms with Crippen molar-refractivity contribution < 1.29 is 22.7 Å². The van der Waals surface area contributed by atoms with E-state index in [-0.39, 0.29) is 11.3 Å². The molecule has 0 spiro atoms. The highest BCUT2D eigenvalue weighted by molar-refractivity contribution is 6.04. The van der Waals surface area contributed by atoms with Gasteiger partial charge in [-0.25, -0.2) is 15.0 Å². The lowest BCUT2D eigenvalue weighted by Crippen LogP contribution is -2.23. The number of anilines is 2. The lowest BCUT2D eigenvalue weighted by atomic mass is 10.1. The van der Waals surface area contributed by atoms with Crippen LogP contribution in [0.4, 0.5) is 24.5 Å². The van der Waals surface area contributed by atoms with Gasteiger partial charge in [0, 0.05) is 42.3 Å². The first-order valence-electron chi connectivity index (χ1n) is 14.8. The number of ether oxygens (including phenoxy) is 1. The van der Waals surface area contributed by atoms with Gasteiger partial charge in [0.2, 0.25) is 5.88 Å². The number of nitrogens with one attached hydrogen (secondary N) is 2. The molecule has 1 saturated heterocycles. The number of aromatic nitrogens is 3. The number of carbonyl (C=O) groups excluding carboxylic acids is 1. The third-order valence-corrected chi connectivity index (χ3v) is 7.46. The molecule has 0 radical (unpaired) electrons. The number of aryl methyl sites for hydroxylation is 2. The topological polar surface area (TPSA) is 92.3 Å². The van der Waals surface area contributed by atoms with Crippen LogP contribution in [0.15, 0.2) is 67.0 Å². The summed E-state index contributed by atoms with van der Waals surface area (Å²) in [5.41, 5.74) is 1.51. The third kappa shape index (κ3) is 7.71. The summed E-state index contributed by atoms with van der Waals surface area (Å²) in [5, 5.41) is 5.61. The van der Waals surface area contributed by atoms with Crippen LogP contribution in [0.2, 0.25) is 0 Å². The van der Waals surface area contributed by atoms with E-state index in [0.29, 0.717) is 52.9 Å². The highest BCUT2D eigenvalue weighted by atomic mass is 19.4. The standard InChI is InChI=1S/C33H35F3N6O2/c1-3-30-38-16-13-27(41-30)25-8-6-14-39-32(25)44-29-12-10-24(20-22(29)2)40-31(43)23-9-11-28(26(21-23)33(34,35)36)37-15-7-19-42-17-4-5-18-42/h6,8-14,16,20-21,37H,3-5,7,15,17-19H2,1-2H3,(H,40,43). The molecule has 0 saturated carbocycles.